The standard InChI is InChI=1S/C18H24N4O/c1-3-10-22(11-4-2)18-20-13-16(14-21-18)17(23)19-12-15-8-6-5-7-9-15/h5-9,13-14H,3-4,10-12H2,1-2H3,(H,19,23). The van der Waals surface area contributed by atoms with Gasteiger partial charge >= 0.3 is 0 Å². The van der Waals surface area contributed by atoms with Gasteiger partial charge in [-0.05, 0) is 18.4 Å². The van der Waals surface area contributed by atoms with E-state index in [4.69, 9.17) is 0 Å². The predicted octanol–water partition coefficient (Wildman–Crippen LogP) is 3.03. The average Bonchev–Trinajstić information content (AvgIpc) is 2.60. The molecule has 1 heterocycles. The predicted molar refractivity (Wildman–Crippen MR) is 92.4 cm³/mol. The zero-order valence-corrected chi connectivity index (χ0v) is 13.8. The van der Waals surface area contributed by atoms with E-state index >= 15 is 0 Å². The molecule has 0 aliphatic carbocycles. The first-order valence-corrected chi connectivity index (χ1v) is 8.13. The van der Waals surface area contributed by atoms with E-state index in [2.05, 4.69) is 34.0 Å². The number of hydrogen-bond donors (Lipinski definition) is 1. The summed E-state index contributed by atoms with van der Waals surface area (Å²) < 4.78 is 0. The Labute approximate surface area is 137 Å². The highest BCUT2D eigenvalue weighted by atomic mass is 16.1. The third kappa shape index (κ3) is 5.06. The number of amides is 1. The second kappa shape index (κ2) is 8.88. The van der Waals surface area contributed by atoms with Crippen molar-refractivity contribution < 1.29 is 4.79 Å². The lowest BCUT2D eigenvalue weighted by molar-refractivity contribution is 0.0950. The largest absolute Gasteiger partial charge is 0.348 e. The Morgan fingerprint density at radius 2 is 1.65 bits per heavy atom. The van der Waals surface area contributed by atoms with Gasteiger partial charge in [0.05, 0.1) is 5.56 Å². The van der Waals surface area contributed by atoms with Gasteiger partial charge in [-0.15, -0.1) is 0 Å². The van der Waals surface area contributed by atoms with Crippen molar-refractivity contribution in [3.05, 3.63) is 53.9 Å². The van der Waals surface area contributed by atoms with Gasteiger partial charge in [-0.2, -0.15) is 0 Å². The fraction of sp³-hybridized carbons (Fsp3) is 0.389. The minimum absolute atomic E-state index is 0.155. The first kappa shape index (κ1) is 16.9. The molecule has 0 bridgehead atoms. The maximum absolute atomic E-state index is 12.1. The minimum Gasteiger partial charge on any atom is -0.348 e. The summed E-state index contributed by atoms with van der Waals surface area (Å²) in [5.74, 6) is 0.534. The number of hydrogen-bond acceptors (Lipinski definition) is 4. The number of rotatable bonds is 8. The van der Waals surface area contributed by atoms with Gasteiger partial charge in [0.15, 0.2) is 0 Å². The SMILES string of the molecule is CCCN(CCC)c1ncc(C(=O)NCc2ccccc2)cn1. The van der Waals surface area contributed by atoms with Crippen LogP contribution >= 0.6 is 0 Å². The molecule has 1 aromatic carbocycles. The molecule has 23 heavy (non-hydrogen) atoms. The summed E-state index contributed by atoms with van der Waals surface area (Å²) in [6.07, 6.45) is 5.29. The highest BCUT2D eigenvalue weighted by Gasteiger charge is 2.10. The number of anilines is 1. The minimum atomic E-state index is -0.155. The average molecular weight is 312 g/mol. The summed E-state index contributed by atoms with van der Waals surface area (Å²) in [6, 6.07) is 9.82. The molecule has 1 N–H and O–H groups in total. The van der Waals surface area contributed by atoms with E-state index in [0.717, 1.165) is 31.5 Å². The molecule has 0 aliphatic heterocycles. The van der Waals surface area contributed by atoms with Gasteiger partial charge in [-0.25, -0.2) is 9.97 Å². The molecule has 0 aliphatic rings. The monoisotopic (exact) mass is 312 g/mol. The summed E-state index contributed by atoms with van der Waals surface area (Å²) in [6.45, 7) is 6.61. The lowest BCUT2D eigenvalue weighted by atomic mass is 10.2. The molecular formula is C18H24N4O. The summed E-state index contributed by atoms with van der Waals surface area (Å²) in [4.78, 5) is 23.0. The van der Waals surface area contributed by atoms with E-state index in [0.29, 0.717) is 18.1 Å². The van der Waals surface area contributed by atoms with E-state index in [-0.39, 0.29) is 5.91 Å². The van der Waals surface area contributed by atoms with Crippen molar-refractivity contribution in [3.8, 4) is 0 Å². The normalized spacial score (nSPS) is 10.3. The Hall–Kier alpha value is -2.43. The molecule has 0 unspecified atom stereocenters. The number of nitrogens with one attached hydrogen (secondary N) is 1. The van der Waals surface area contributed by atoms with Crippen LogP contribution in [0.2, 0.25) is 0 Å². The molecule has 1 amide bonds. The van der Waals surface area contributed by atoms with Crippen LogP contribution in [-0.4, -0.2) is 29.0 Å². The van der Waals surface area contributed by atoms with Crippen molar-refractivity contribution in [2.24, 2.45) is 0 Å². The van der Waals surface area contributed by atoms with Crippen molar-refractivity contribution in [2.45, 2.75) is 33.2 Å². The molecule has 0 fully saturated rings. The zero-order chi connectivity index (χ0) is 16.5. The number of aromatic nitrogens is 2. The van der Waals surface area contributed by atoms with Crippen LogP contribution in [0.3, 0.4) is 0 Å². The molecule has 0 atom stereocenters. The van der Waals surface area contributed by atoms with E-state index in [1.807, 2.05) is 30.3 Å². The Balaban J connectivity index is 1.96. The second-order valence-electron chi connectivity index (χ2n) is 5.43. The molecule has 0 saturated carbocycles. The van der Waals surface area contributed by atoms with Gasteiger partial charge in [-0.3, -0.25) is 4.79 Å². The Morgan fingerprint density at radius 1 is 1.04 bits per heavy atom. The molecule has 5 nitrogen and oxygen atoms in total. The lowest BCUT2D eigenvalue weighted by Gasteiger charge is -2.21. The molecule has 1 aromatic heterocycles. The summed E-state index contributed by atoms with van der Waals surface area (Å²) in [7, 11) is 0. The summed E-state index contributed by atoms with van der Waals surface area (Å²) >= 11 is 0. The molecular weight excluding hydrogens is 288 g/mol. The van der Waals surface area contributed by atoms with E-state index in [9.17, 15) is 4.79 Å². The van der Waals surface area contributed by atoms with Crippen LogP contribution in [0, 0.1) is 0 Å². The lowest BCUT2D eigenvalue weighted by Crippen LogP contribution is -2.28. The number of carbonyl (C=O) groups excluding carboxylic acids is 1. The summed E-state index contributed by atoms with van der Waals surface area (Å²) in [5.41, 5.74) is 1.55. The Morgan fingerprint density at radius 3 is 2.22 bits per heavy atom. The van der Waals surface area contributed by atoms with Gasteiger partial charge in [-0.1, -0.05) is 44.2 Å². The van der Waals surface area contributed by atoms with Crippen LogP contribution < -0.4 is 10.2 Å². The van der Waals surface area contributed by atoms with Crippen molar-refractivity contribution >= 4 is 11.9 Å². The number of nitrogens with zero attached hydrogens (tertiary/aromatic N) is 3. The van der Waals surface area contributed by atoms with Crippen molar-refractivity contribution in [1.29, 1.82) is 0 Å². The topological polar surface area (TPSA) is 58.1 Å². The fourth-order valence-electron chi connectivity index (χ4n) is 2.33. The van der Waals surface area contributed by atoms with Crippen molar-refractivity contribution in [2.75, 3.05) is 18.0 Å². The highest BCUT2D eigenvalue weighted by molar-refractivity contribution is 5.93. The van der Waals surface area contributed by atoms with Gasteiger partial charge in [0.25, 0.3) is 5.91 Å². The highest BCUT2D eigenvalue weighted by Crippen LogP contribution is 2.09. The quantitative estimate of drug-likeness (QED) is 0.814. The smallest absolute Gasteiger partial charge is 0.254 e. The van der Waals surface area contributed by atoms with Gasteiger partial charge in [0.2, 0.25) is 5.95 Å². The third-order valence-corrected chi connectivity index (χ3v) is 3.47. The molecule has 0 radical (unpaired) electrons. The van der Waals surface area contributed by atoms with E-state index < -0.39 is 0 Å². The Bertz CT molecular complexity index is 592. The third-order valence-electron chi connectivity index (χ3n) is 3.47. The van der Waals surface area contributed by atoms with Crippen molar-refractivity contribution in [3.63, 3.8) is 0 Å². The Kier molecular flexibility index (Phi) is 6.54. The van der Waals surface area contributed by atoms with Crippen LogP contribution in [0.25, 0.3) is 0 Å². The maximum Gasteiger partial charge on any atom is 0.254 e. The zero-order valence-electron chi connectivity index (χ0n) is 13.8. The van der Waals surface area contributed by atoms with Crippen LogP contribution in [0.1, 0.15) is 42.6 Å². The van der Waals surface area contributed by atoms with Gasteiger partial charge in [0.1, 0.15) is 0 Å². The van der Waals surface area contributed by atoms with Crippen LogP contribution in [-0.2, 0) is 6.54 Å². The maximum atomic E-state index is 12.1. The second-order valence-corrected chi connectivity index (χ2v) is 5.43. The molecule has 2 rings (SSSR count). The van der Waals surface area contributed by atoms with Crippen LogP contribution in [0.5, 0.6) is 0 Å². The molecule has 0 spiro atoms. The number of carbonyl (C=O) groups is 1. The van der Waals surface area contributed by atoms with Gasteiger partial charge < -0.3 is 10.2 Å². The number of benzene rings is 1. The van der Waals surface area contributed by atoms with E-state index in [1.165, 1.54) is 0 Å². The van der Waals surface area contributed by atoms with Crippen LogP contribution in [0.15, 0.2) is 42.7 Å². The molecule has 0 saturated heterocycles. The van der Waals surface area contributed by atoms with Gasteiger partial charge in [0, 0.05) is 32.0 Å². The van der Waals surface area contributed by atoms with E-state index in [1.54, 1.807) is 12.4 Å². The molecule has 5 heteroatoms. The van der Waals surface area contributed by atoms with Crippen molar-refractivity contribution in [1.82, 2.24) is 15.3 Å². The van der Waals surface area contributed by atoms with Crippen LogP contribution in [0.4, 0.5) is 5.95 Å². The first-order valence-electron chi connectivity index (χ1n) is 8.13. The summed E-state index contributed by atoms with van der Waals surface area (Å²) in [5, 5.41) is 2.88. The molecule has 2 aromatic rings. The first-order chi connectivity index (χ1) is 11.2. The molecule has 122 valence electrons. The fourth-order valence-corrected chi connectivity index (χ4v) is 2.33.